The third-order valence-corrected chi connectivity index (χ3v) is 7.34. The van der Waals surface area contributed by atoms with Gasteiger partial charge in [-0.05, 0) is 49.5 Å². The van der Waals surface area contributed by atoms with Crippen molar-refractivity contribution in [1.29, 1.82) is 0 Å². The van der Waals surface area contributed by atoms with Crippen molar-refractivity contribution in [2.45, 2.75) is 26.2 Å². The number of rotatable bonds is 4. The average Bonchev–Trinajstić information content (AvgIpc) is 3.19. The lowest BCUT2D eigenvalue weighted by atomic mass is 9.77. The van der Waals surface area contributed by atoms with Crippen LogP contribution in [-0.4, -0.2) is 56.8 Å². The summed E-state index contributed by atoms with van der Waals surface area (Å²) in [4.78, 5) is 21.8. The summed E-state index contributed by atoms with van der Waals surface area (Å²) >= 11 is 0. The minimum Gasteiger partial charge on any atom is -0.378 e. The first-order valence-electron chi connectivity index (χ1n) is 11.7. The Morgan fingerprint density at radius 3 is 2.38 bits per heavy atom. The fourth-order valence-electron chi connectivity index (χ4n) is 5.34. The summed E-state index contributed by atoms with van der Waals surface area (Å²) in [5, 5.41) is 3.04. The maximum atomic E-state index is 12.5. The van der Waals surface area contributed by atoms with Gasteiger partial charge >= 0.3 is 0 Å². The van der Waals surface area contributed by atoms with E-state index in [1.54, 1.807) is 0 Å². The first kappa shape index (κ1) is 21.0. The summed E-state index contributed by atoms with van der Waals surface area (Å²) in [6, 6.07) is 8.80. The second kappa shape index (κ2) is 8.58. The van der Waals surface area contributed by atoms with E-state index < -0.39 is 0 Å². The van der Waals surface area contributed by atoms with Crippen LogP contribution in [0.5, 0.6) is 0 Å². The molecule has 1 N–H and O–H groups in total. The van der Waals surface area contributed by atoms with E-state index in [1.807, 2.05) is 19.3 Å². The summed E-state index contributed by atoms with van der Waals surface area (Å²) in [5.41, 5.74) is 6.64. The lowest BCUT2D eigenvalue weighted by Crippen LogP contribution is -2.44. The third kappa shape index (κ3) is 3.77. The second-order valence-electron chi connectivity index (χ2n) is 9.28. The number of hydrogen-bond donors (Lipinski definition) is 1. The first-order chi connectivity index (χ1) is 15.6. The Morgan fingerprint density at radius 2 is 1.75 bits per heavy atom. The summed E-state index contributed by atoms with van der Waals surface area (Å²) in [6.45, 7) is 12.2. The van der Waals surface area contributed by atoms with Gasteiger partial charge in [0.2, 0.25) is 5.91 Å². The van der Waals surface area contributed by atoms with Gasteiger partial charge in [0.15, 0.2) is 0 Å². The van der Waals surface area contributed by atoms with E-state index in [-0.39, 0.29) is 11.3 Å². The Balaban J connectivity index is 1.45. The van der Waals surface area contributed by atoms with Crippen molar-refractivity contribution in [2.75, 3.05) is 55.7 Å². The highest BCUT2D eigenvalue weighted by Gasteiger charge is 2.44. The summed E-state index contributed by atoms with van der Waals surface area (Å²) in [7, 11) is 0. The lowest BCUT2D eigenvalue weighted by molar-refractivity contribution is -0.128. The van der Waals surface area contributed by atoms with Crippen LogP contribution in [-0.2, 0) is 9.53 Å². The van der Waals surface area contributed by atoms with Crippen LogP contribution >= 0.6 is 0 Å². The van der Waals surface area contributed by atoms with E-state index in [2.05, 4.69) is 50.9 Å². The van der Waals surface area contributed by atoms with Crippen LogP contribution in [0.1, 0.15) is 31.7 Å². The second-order valence-corrected chi connectivity index (χ2v) is 9.28. The van der Waals surface area contributed by atoms with E-state index in [0.29, 0.717) is 0 Å². The number of ether oxygens (including phenoxy) is 1. The number of allylic oxidation sites excluding steroid dienone is 1. The lowest BCUT2D eigenvalue weighted by Gasteiger charge is -2.40. The van der Waals surface area contributed by atoms with Gasteiger partial charge in [-0.1, -0.05) is 18.7 Å². The molecule has 3 aliphatic rings. The number of pyridine rings is 1. The van der Waals surface area contributed by atoms with Crippen LogP contribution in [0.3, 0.4) is 0 Å². The van der Waals surface area contributed by atoms with E-state index >= 15 is 0 Å². The van der Waals surface area contributed by atoms with E-state index in [4.69, 9.17) is 4.74 Å². The van der Waals surface area contributed by atoms with Gasteiger partial charge < -0.3 is 19.9 Å². The van der Waals surface area contributed by atoms with Gasteiger partial charge in [0.1, 0.15) is 0 Å². The molecule has 6 nitrogen and oxygen atoms in total. The molecule has 3 saturated heterocycles. The molecule has 5 rings (SSSR count). The topological polar surface area (TPSA) is 57.7 Å². The van der Waals surface area contributed by atoms with Crippen LogP contribution in [0.4, 0.5) is 11.4 Å². The standard InChI is InChI=1S/C26H32N4O2/c1-19(2)22-17-27-18-23(20-3-5-21(6-4-20)29-13-15-32-16-14-29)24(22)30-11-8-26(9-12-30)7-10-28-25(26)31/h3-6,17-18H,1,7-16H2,2H3,(H,28,31). The summed E-state index contributed by atoms with van der Waals surface area (Å²) in [6.07, 6.45) is 6.64. The van der Waals surface area contributed by atoms with Crippen LogP contribution in [0.25, 0.3) is 16.7 Å². The highest BCUT2D eigenvalue weighted by atomic mass is 16.5. The Kier molecular flexibility index (Phi) is 5.64. The minimum absolute atomic E-state index is 0.174. The van der Waals surface area contributed by atoms with Crippen LogP contribution < -0.4 is 15.1 Å². The predicted octanol–water partition coefficient (Wildman–Crippen LogP) is 3.72. The van der Waals surface area contributed by atoms with E-state index in [0.717, 1.165) is 87.5 Å². The molecule has 168 valence electrons. The molecule has 0 bridgehead atoms. The Labute approximate surface area is 190 Å². The van der Waals surface area contributed by atoms with Gasteiger partial charge in [-0.25, -0.2) is 0 Å². The number of amides is 1. The van der Waals surface area contributed by atoms with Crippen molar-refractivity contribution in [1.82, 2.24) is 10.3 Å². The predicted molar refractivity (Wildman–Crippen MR) is 129 cm³/mol. The maximum absolute atomic E-state index is 12.5. The first-order valence-corrected chi connectivity index (χ1v) is 11.7. The van der Waals surface area contributed by atoms with Gasteiger partial charge in [0.05, 0.1) is 24.3 Å². The number of morpholine rings is 1. The Bertz CT molecular complexity index is 1000. The van der Waals surface area contributed by atoms with Crippen LogP contribution in [0.2, 0.25) is 0 Å². The molecule has 6 heteroatoms. The van der Waals surface area contributed by atoms with Crippen LogP contribution in [0.15, 0.2) is 43.2 Å². The zero-order valence-corrected chi connectivity index (χ0v) is 18.9. The number of carbonyl (C=O) groups is 1. The van der Waals surface area contributed by atoms with E-state index in [9.17, 15) is 4.79 Å². The number of nitrogens with one attached hydrogen (secondary N) is 1. The number of carbonyl (C=O) groups excluding carboxylic acids is 1. The highest BCUT2D eigenvalue weighted by molar-refractivity contribution is 5.89. The molecule has 32 heavy (non-hydrogen) atoms. The third-order valence-electron chi connectivity index (χ3n) is 7.34. The average molecular weight is 433 g/mol. The quantitative estimate of drug-likeness (QED) is 0.798. The van der Waals surface area contributed by atoms with Crippen LogP contribution in [0, 0.1) is 5.41 Å². The molecule has 3 aliphatic heterocycles. The molecule has 3 fully saturated rings. The molecule has 0 radical (unpaired) electrons. The molecule has 1 aromatic carbocycles. The van der Waals surface area contributed by atoms with Gasteiger partial charge in [-0.15, -0.1) is 0 Å². The highest BCUT2D eigenvalue weighted by Crippen LogP contribution is 2.43. The van der Waals surface area contributed by atoms with Crippen molar-refractivity contribution in [3.05, 3.63) is 48.8 Å². The number of nitrogens with zero attached hydrogens (tertiary/aromatic N) is 3. The van der Waals surface area contributed by atoms with Crippen molar-refractivity contribution in [2.24, 2.45) is 5.41 Å². The molecule has 1 spiro atoms. The zero-order valence-electron chi connectivity index (χ0n) is 18.9. The summed E-state index contributed by atoms with van der Waals surface area (Å²) < 4.78 is 5.49. The Morgan fingerprint density at radius 1 is 1.03 bits per heavy atom. The van der Waals surface area contributed by atoms with Crippen molar-refractivity contribution in [3.63, 3.8) is 0 Å². The molecule has 0 saturated carbocycles. The SMILES string of the molecule is C=C(C)c1cncc(-c2ccc(N3CCOCC3)cc2)c1N1CCC2(CCNC2=O)CC1. The van der Waals surface area contributed by atoms with E-state index in [1.165, 1.54) is 11.4 Å². The summed E-state index contributed by atoms with van der Waals surface area (Å²) in [5.74, 6) is 0.242. The molecule has 4 heterocycles. The molecule has 0 atom stereocenters. The zero-order chi connectivity index (χ0) is 22.1. The molecular weight excluding hydrogens is 400 g/mol. The molecule has 0 aliphatic carbocycles. The molecule has 0 unspecified atom stereocenters. The molecule has 1 aromatic heterocycles. The monoisotopic (exact) mass is 432 g/mol. The largest absolute Gasteiger partial charge is 0.378 e. The number of hydrogen-bond acceptors (Lipinski definition) is 5. The minimum atomic E-state index is -0.174. The fraction of sp³-hybridized carbons (Fsp3) is 0.462. The fourth-order valence-corrected chi connectivity index (χ4v) is 5.34. The van der Waals surface area contributed by atoms with Gasteiger partial charge in [0, 0.05) is 61.9 Å². The number of piperidine rings is 1. The molecular formula is C26H32N4O2. The molecule has 1 amide bonds. The van der Waals surface area contributed by atoms with Crippen molar-refractivity contribution >= 4 is 22.9 Å². The normalized spacial score (nSPS) is 20.5. The van der Waals surface area contributed by atoms with Gasteiger partial charge in [0.25, 0.3) is 0 Å². The Hall–Kier alpha value is -2.86. The van der Waals surface area contributed by atoms with Gasteiger partial charge in [-0.2, -0.15) is 0 Å². The van der Waals surface area contributed by atoms with Gasteiger partial charge in [-0.3, -0.25) is 9.78 Å². The smallest absolute Gasteiger partial charge is 0.226 e. The number of anilines is 2. The van der Waals surface area contributed by atoms with Crippen molar-refractivity contribution < 1.29 is 9.53 Å². The number of benzene rings is 1. The maximum Gasteiger partial charge on any atom is 0.226 e. The number of aromatic nitrogens is 1. The van der Waals surface area contributed by atoms with Crippen molar-refractivity contribution in [3.8, 4) is 11.1 Å². The molecule has 2 aromatic rings.